The van der Waals surface area contributed by atoms with Crippen LogP contribution in [0.15, 0.2) is 60.8 Å². The third-order valence-corrected chi connectivity index (χ3v) is 4.22. The van der Waals surface area contributed by atoms with E-state index < -0.39 is 6.04 Å². The summed E-state index contributed by atoms with van der Waals surface area (Å²) in [4.78, 5) is 15.6. The summed E-state index contributed by atoms with van der Waals surface area (Å²) in [6, 6.07) is 17.5. The molecule has 124 valence electrons. The zero-order valence-corrected chi connectivity index (χ0v) is 13.8. The average Bonchev–Trinajstić information content (AvgIpc) is 2.99. The fraction of sp³-hybridized carbons (Fsp3) is 0.250. The Hall–Kier alpha value is -2.59. The Morgan fingerprint density at radius 3 is 2.58 bits per heavy atom. The van der Waals surface area contributed by atoms with E-state index in [1.54, 1.807) is 0 Å². The van der Waals surface area contributed by atoms with Gasteiger partial charge < -0.3 is 16.0 Å². The van der Waals surface area contributed by atoms with E-state index in [2.05, 4.69) is 22.4 Å². The Labute approximate surface area is 142 Å². The standard InChI is InChI=1S/C20H23N3O/c1-14(11-16-13-22-19-10-6-5-9-17(16)19)23-20(24)18(21)12-15-7-3-2-4-8-15/h2-10,13-14,18,22H,11-12,21H2,1H3,(H,23,24). The van der Waals surface area contributed by atoms with Gasteiger partial charge in [0, 0.05) is 23.1 Å². The first kappa shape index (κ1) is 16.3. The van der Waals surface area contributed by atoms with Crippen LogP contribution in [0.25, 0.3) is 10.9 Å². The molecule has 4 N–H and O–H groups in total. The molecule has 0 aliphatic rings. The number of H-pyrrole nitrogens is 1. The van der Waals surface area contributed by atoms with Crippen LogP contribution in [-0.2, 0) is 17.6 Å². The molecule has 0 spiro atoms. The number of carbonyl (C=O) groups is 1. The molecule has 3 aromatic rings. The number of rotatable bonds is 6. The second-order valence-corrected chi connectivity index (χ2v) is 6.27. The first-order chi connectivity index (χ1) is 11.6. The fourth-order valence-electron chi connectivity index (χ4n) is 2.99. The molecule has 0 bridgehead atoms. The summed E-state index contributed by atoms with van der Waals surface area (Å²) < 4.78 is 0. The SMILES string of the molecule is CC(Cc1c[nH]c2ccccc12)NC(=O)C(N)Cc1ccccc1. The van der Waals surface area contributed by atoms with Gasteiger partial charge in [0.05, 0.1) is 6.04 Å². The van der Waals surface area contributed by atoms with Gasteiger partial charge in [-0.25, -0.2) is 0 Å². The maximum absolute atomic E-state index is 12.3. The topological polar surface area (TPSA) is 70.9 Å². The molecule has 0 radical (unpaired) electrons. The van der Waals surface area contributed by atoms with Crippen LogP contribution in [0.1, 0.15) is 18.1 Å². The Morgan fingerprint density at radius 2 is 1.79 bits per heavy atom. The predicted molar refractivity (Wildman–Crippen MR) is 97.7 cm³/mol. The summed E-state index contributed by atoms with van der Waals surface area (Å²) in [6.07, 6.45) is 3.33. The summed E-state index contributed by atoms with van der Waals surface area (Å²) >= 11 is 0. The minimum Gasteiger partial charge on any atom is -0.361 e. The van der Waals surface area contributed by atoms with Crippen LogP contribution in [0.4, 0.5) is 0 Å². The van der Waals surface area contributed by atoms with Gasteiger partial charge in [0.15, 0.2) is 0 Å². The van der Waals surface area contributed by atoms with E-state index >= 15 is 0 Å². The Bertz CT molecular complexity index is 810. The lowest BCUT2D eigenvalue weighted by atomic mass is 10.0. The van der Waals surface area contributed by atoms with E-state index in [0.29, 0.717) is 6.42 Å². The number of carbonyl (C=O) groups excluding carboxylic acids is 1. The van der Waals surface area contributed by atoms with Crippen molar-refractivity contribution in [1.29, 1.82) is 0 Å². The van der Waals surface area contributed by atoms with E-state index in [1.165, 1.54) is 10.9 Å². The van der Waals surface area contributed by atoms with Crippen molar-refractivity contribution >= 4 is 16.8 Å². The monoisotopic (exact) mass is 321 g/mol. The van der Waals surface area contributed by atoms with Crippen molar-refractivity contribution in [1.82, 2.24) is 10.3 Å². The maximum Gasteiger partial charge on any atom is 0.237 e. The van der Waals surface area contributed by atoms with Gasteiger partial charge in [0.1, 0.15) is 0 Å². The van der Waals surface area contributed by atoms with Gasteiger partial charge in [-0.1, -0.05) is 48.5 Å². The lowest BCUT2D eigenvalue weighted by Gasteiger charge is -2.17. The number of fused-ring (bicyclic) bond motifs is 1. The predicted octanol–water partition coefficient (Wildman–Crippen LogP) is 2.79. The van der Waals surface area contributed by atoms with Crippen LogP contribution in [0, 0.1) is 0 Å². The summed E-state index contributed by atoms with van der Waals surface area (Å²) in [5, 5.41) is 4.23. The molecule has 3 rings (SSSR count). The first-order valence-electron chi connectivity index (χ1n) is 8.28. The van der Waals surface area contributed by atoms with Gasteiger partial charge in [-0.15, -0.1) is 0 Å². The van der Waals surface area contributed by atoms with Crippen LogP contribution in [0.3, 0.4) is 0 Å². The fourth-order valence-corrected chi connectivity index (χ4v) is 2.99. The van der Waals surface area contributed by atoms with Gasteiger partial charge >= 0.3 is 0 Å². The number of aromatic amines is 1. The molecule has 0 aliphatic carbocycles. The summed E-state index contributed by atoms with van der Waals surface area (Å²) in [6.45, 7) is 2.01. The Balaban J connectivity index is 1.58. The molecule has 1 amide bonds. The van der Waals surface area contributed by atoms with Crippen molar-refractivity contribution < 1.29 is 4.79 Å². The molecule has 2 atom stereocenters. The van der Waals surface area contributed by atoms with E-state index in [1.807, 2.05) is 55.6 Å². The minimum absolute atomic E-state index is 0.0264. The van der Waals surface area contributed by atoms with Crippen LogP contribution >= 0.6 is 0 Å². The quantitative estimate of drug-likeness (QED) is 0.653. The second kappa shape index (κ2) is 7.32. The van der Waals surface area contributed by atoms with E-state index in [0.717, 1.165) is 17.5 Å². The third kappa shape index (κ3) is 3.84. The normalized spacial score (nSPS) is 13.6. The van der Waals surface area contributed by atoms with Crippen molar-refractivity contribution in [3.63, 3.8) is 0 Å². The molecule has 4 nitrogen and oxygen atoms in total. The molecule has 2 unspecified atom stereocenters. The van der Waals surface area contributed by atoms with Gasteiger partial charge in [0.25, 0.3) is 0 Å². The number of benzene rings is 2. The first-order valence-corrected chi connectivity index (χ1v) is 8.28. The van der Waals surface area contributed by atoms with E-state index in [9.17, 15) is 4.79 Å². The minimum atomic E-state index is -0.530. The highest BCUT2D eigenvalue weighted by Crippen LogP contribution is 2.19. The Morgan fingerprint density at radius 1 is 1.08 bits per heavy atom. The summed E-state index contributed by atoms with van der Waals surface area (Å²) in [5.74, 6) is -0.105. The highest BCUT2D eigenvalue weighted by Gasteiger charge is 2.17. The number of nitrogens with two attached hydrogens (primary N) is 1. The molecule has 0 fully saturated rings. The zero-order valence-electron chi connectivity index (χ0n) is 13.8. The number of aromatic nitrogens is 1. The highest BCUT2D eigenvalue weighted by molar-refractivity contribution is 5.84. The molecular weight excluding hydrogens is 298 g/mol. The zero-order chi connectivity index (χ0) is 16.9. The number of amides is 1. The number of para-hydroxylation sites is 1. The average molecular weight is 321 g/mol. The van der Waals surface area contributed by atoms with Crippen LogP contribution in [-0.4, -0.2) is 23.0 Å². The Kier molecular flexibility index (Phi) is 4.96. The lowest BCUT2D eigenvalue weighted by molar-refractivity contribution is -0.122. The third-order valence-electron chi connectivity index (χ3n) is 4.22. The summed E-state index contributed by atoms with van der Waals surface area (Å²) in [5.41, 5.74) is 9.44. The number of hydrogen-bond acceptors (Lipinski definition) is 2. The van der Waals surface area contributed by atoms with Crippen molar-refractivity contribution in [2.75, 3.05) is 0 Å². The molecule has 0 saturated carbocycles. The molecule has 4 heteroatoms. The highest BCUT2D eigenvalue weighted by atomic mass is 16.2. The number of hydrogen-bond donors (Lipinski definition) is 3. The molecular formula is C20H23N3O. The molecule has 0 saturated heterocycles. The van der Waals surface area contributed by atoms with Crippen molar-refractivity contribution in [3.8, 4) is 0 Å². The maximum atomic E-state index is 12.3. The molecule has 0 aliphatic heterocycles. The van der Waals surface area contributed by atoms with Gasteiger partial charge in [-0.3, -0.25) is 4.79 Å². The van der Waals surface area contributed by atoms with Crippen molar-refractivity contribution in [2.45, 2.75) is 31.8 Å². The van der Waals surface area contributed by atoms with Crippen LogP contribution in [0.5, 0.6) is 0 Å². The van der Waals surface area contributed by atoms with Gasteiger partial charge in [-0.05, 0) is 37.0 Å². The molecule has 2 aromatic carbocycles. The summed E-state index contributed by atoms with van der Waals surface area (Å²) in [7, 11) is 0. The van der Waals surface area contributed by atoms with Crippen molar-refractivity contribution in [3.05, 3.63) is 71.9 Å². The molecule has 1 heterocycles. The largest absolute Gasteiger partial charge is 0.361 e. The molecule has 1 aromatic heterocycles. The van der Waals surface area contributed by atoms with E-state index in [-0.39, 0.29) is 11.9 Å². The second-order valence-electron chi connectivity index (χ2n) is 6.27. The van der Waals surface area contributed by atoms with E-state index in [4.69, 9.17) is 5.73 Å². The number of nitrogens with one attached hydrogen (secondary N) is 2. The van der Waals surface area contributed by atoms with Crippen LogP contribution in [0.2, 0.25) is 0 Å². The van der Waals surface area contributed by atoms with Gasteiger partial charge in [0.2, 0.25) is 5.91 Å². The van der Waals surface area contributed by atoms with Gasteiger partial charge in [-0.2, -0.15) is 0 Å². The lowest BCUT2D eigenvalue weighted by Crippen LogP contribution is -2.46. The van der Waals surface area contributed by atoms with Crippen LogP contribution < -0.4 is 11.1 Å². The molecule has 24 heavy (non-hydrogen) atoms. The smallest absolute Gasteiger partial charge is 0.237 e. The van der Waals surface area contributed by atoms with Crippen molar-refractivity contribution in [2.24, 2.45) is 5.73 Å².